The highest BCUT2D eigenvalue weighted by Gasteiger charge is 2.23. The van der Waals surface area contributed by atoms with Crippen LogP contribution in [0.15, 0.2) is 24.3 Å². The fraction of sp³-hybridized carbons (Fsp3) is 0.529. The second kappa shape index (κ2) is 8.53. The number of amides is 3. The van der Waals surface area contributed by atoms with Crippen LogP contribution < -0.4 is 16.0 Å². The smallest absolute Gasteiger partial charge is 0.319 e. The molecule has 0 bridgehead atoms. The third-order valence-corrected chi connectivity index (χ3v) is 4.06. The molecule has 1 heterocycles. The van der Waals surface area contributed by atoms with Crippen LogP contribution >= 0.6 is 0 Å². The van der Waals surface area contributed by atoms with Gasteiger partial charge in [0, 0.05) is 25.3 Å². The lowest BCUT2D eigenvalue weighted by Gasteiger charge is -2.32. The number of likely N-dealkylation sites (tertiary alicyclic amines) is 1. The lowest BCUT2D eigenvalue weighted by molar-refractivity contribution is -0.131. The van der Waals surface area contributed by atoms with E-state index in [1.807, 2.05) is 36.1 Å². The number of carbonyl (C=O) groups excluding carboxylic acids is 2. The molecule has 3 N–H and O–H groups in total. The van der Waals surface area contributed by atoms with Gasteiger partial charge in [-0.05, 0) is 44.9 Å². The average Bonchev–Trinajstić information content (AvgIpc) is 2.56. The molecule has 0 aliphatic carbocycles. The first-order chi connectivity index (χ1) is 11.1. The summed E-state index contributed by atoms with van der Waals surface area (Å²) in [6.07, 6.45) is 2.02. The Morgan fingerprint density at radius 3 is 2.70 bits per heavy atom. The molecular weight excluding hydrogens is 292 g/mol. The van der Waals surface area contributed by atoms with Crippen LogP contribution in [0, 0.1) is 12.8 Å². The van der Waals surface area contributed by atoms with Gasteiger partial charge >= 0.3 is 6.03 Å². The Kier molecular flexibility index (Phi) is 6.40. The van der Waals surface area contributed by atoms with Gasteiger partial charge in [0.25, 0.3) is 0 Å². The molecule has 1 saturated heterocycles. The van der Waals surface area contributed by atoms with Crippen molar-refractivity contribution in [2.24, 2.45) is 5.92 Å². The zero-order valence-corrected chi connectivity index (χ0v) is 13.9. The normalized spacial score (nSPS) is 17.7. The third kappa shape index (κ3) is 5.56. The average molecular weight is 318 g/mol. The van der Waals surface area contributed by atoms with Crippen molar-refractivity contribution in [1.29, 1.82) is 0 Å². The van der Waals surface area contributed by atoms with Crippen LogP contribution in [0.5, 0.6) is 0 Å². The monoisotopic (exact) mass is 318 g/mol. The number of hydrogen-bond donors (Lipinski definition) is 3. The summed E-state index contributed by atoms with van der Waals surface area (Å²) in [6, 6.07) is 7.48. The molecule has 6 nitrogen and oxygen atoms in total. The van der Waals surface area contributed by atoms with Gasteiger partial charge in [-0.25, -0.2) is 4.79 Å². The van der Waals surface area contributed by atoms with E-state index >= 15 is 0 Å². The Bertz CT molecular complexity index is 530. The Balaban J connectivity index is 1.75. The number of urea groups is 1. The first-order valence-electron chi connectivity index (χ1n) is 8.12. The van der Waals surface area contributed by atoms with Crippen LogP contribution in [-0.4, -0.2) is 50.1 Å². The van der Waals surface area contributed by atoms with Gasteiger partial charge in [-0.3, -0.25) is 4.79 Å². The van der Waals surface area contributed by atoms with Gasteiger partial charge in [0.2, 0.25) is 5.91 Å². The molecule has 6 heteroatoms. The number of likely N-dealkylation sites (N-methyl/N-ethyl adjacent to an activating group) is 1. The predicted molar refractivity (Wildman–Crippen MR) is 91.4 cm³/mol. The van der Waals surface area contributed by atoms with Gasteiger partial charge in [0.15, 0.2) is 0 Å². The molecule has 1 aliphatic rings. The fourth-order valence-electron chi connectivity index (χ4n) is 2.77. The minimum Gasteiger partial charge on any atom is -0.341 e. The number of anilines is 1. The van der Waals surface area contributed by atoms with Crippen molar-refractivity contribution in [1.82, 2.24) is 15.5 Å². The largest absolute Gasteiger partial charge is 0.341 e. The van der Waals surface area contributed by atoms with Gasteiger partial charge in [-0.1, -0.05) is 17.7 Å². The van der Waals surface area contributed by atoms with E-state index in [-0.39, 0.29) is 11.9 Å². The maximum Gasteiger partial charge on any atom is 0.319 e. The van der Waals surface area contributed by atoms with Crippen molar-refractivity contribution >= 4 is 17.6 Å². The van der Waals surface area contributed by atoms with Crippen molar-refractivity contribution in [2.75, 3.05) is 38.5 Å². The number of benzene rings is 1. The van der Waals surface area contributed by atoms with Crippen molar-refractivity contribution in [3.63, 3.8) is 0 Å². The highest BCUT2D eigenvalue weighted by atomic mass is 16.2. The standard InChI is InChI=1S/C17H26N4O2/c1-13-5-7-15(8-6-13)20-17(23)19-10-14-4-3-9-21(12-14)16(22)11-18-2/h5-8,14,18H,3-4,9-12H2,1-2H3,(H2,19,20,23). The van der Waals surface area contributed by atoms with E-state index < -0.39 is 0 Å². The number of hydrogen-bond acceptors (Lipinski definition) is 3. The Morgan fingerprint density at radius 1 is 1.26 bits per heavy atom. The second-order valence-corrected chi connectivity index (χ2v) is 6.08. The number of rotatable bonds is 5. The number of nitrogens with one attached hydrogen (secondary N) is 3. The third-order valence-electron chi connectivity index (χ3n) is 4.06. The van der Waals surface area contributed by atoms with Crippen LogP contribution in [0.1, 0.15) is 18.4 Å². The Morgan fingerprint density at radius 2 is 2.00 bits per heavy atom. The van der Waals surface area contributed by atoms with E-state index in [0.717, 1.165) is 30.6 Å². The van der Waals surface area contributed by atoms with Gasteiger partial charge in [-0.15, -0.1) is 0 Å². The summed E-state index contributed by atoms with van der Waals surface area (Å²) in [7, 11) is 1.77. The predicted octanol–water partition coefficient (Wildman–Crippen LogP) is 1.57. The minimum absolute atomic E-state index is 0.126. The van der Waals surface area contributed by atoms with Crippen molar-refractivity contribution in [3.05, 3.63) is 29.8 Å². The summed E-state index contributed by atoms with van der Waals surface area (Å²) in [5.41, 5.74) is 1.94. The molecule has 1 fully saturated rings. The lowest BCUT2D eigenvalue weighted by Crippen LogP contribution is -2.46. The maximum absolute atomic E-state index is 11.9. The van der Waals surface area contributed by atoms with Crippen LogP contribution in [-0.2, 0) is 4.79 Å². The molecule has 0 saturated carbocycles. The van der Waals surface area contributed by atoms with Crippen molar-refractivity contribution in [2.45, 2.75) is 19.8 Å². The summed E-state index contributed by atoms with van der Waals surface area (Å²) in [5, 5.41) is 8.62. The number of nitrogens with zero attached hydrogens (tertiary/aromatic N) is 1. The summed E-state index contributed by atoms with van der Waals surface area (Å²) in [4.78, 5) is 25.7. The van der Waals surface area contributed by atoms with E-state index in [9.17, 15) is 9.59 Å². The highest BCUT2D eigenvalue weighted by Crippen LogP contribution is 2.16. The molecule has 3 amide bonds. The Labute approximate surface area is 137 Å². The summed E-state index contributed by atoms with van der Waals surface area (Å²) in [5.74, 6) is 0.439. The number of carbonyl (C=O) groups is 2. The van der Waals surface area contributed by atoms with E-state index in [1.54, 1.807) is 7.05 Å². The summed E-state index contributed by atoms with van der Waals surface area (Å²) in [6.45, 7) is 4.49. The van der Waals surface area contributed by atoms with Crippen LogP contribution in [0.2, 0.25) is 0 Å². The van der Waals surface area contributed by atoms with E-state index in [1.165, 1.54) is 0 Å². The van der Waals surface area contributed by atoms with Gasteiger partial charge in [0.05, 0.1) is 6.54 Å². The van der Waals surface area contributed by atoms with Gasteiger partial charge in [-0.2, -0.15) is 0 Å². The van der Waals surface area contributed by atoms with Crippen LogP contribution in [0.25, 0.3) is 0 Å². The molecule has 1 atom stereocenters. The number of piperidine rings is 1. The second-order valence-electron chi connectivity index (χ2n) is 6.08. The molecule has 23 heavy (non-hydrogen) atoms. The van der Waals surface area contributed by atoms with E-state index in [0.29, 0.717) is 25.6 Å². The van der Waals surface area contributed by atoms with Crippen LogP contribution in [0.4, 0.5) is 10.5 Å². The van der Waals surface area contributed by atoms with Crippen molar-refractivity contribution < 1.29 is 9.59 Å². The molecule has 1 aromatic rings. The van der Waals surface area contributed by atoms with Crippen LogP contribution in [0.3, 0.4) is 0 Å². The Hall–Kier alpha value is -2.08. The van der Waals surface area contributed by atoms with E-state index in [4.69, 9.17) is 0 Å². The molecule has 1 aromatic carbocycles. The minimum atomic E-state index is -0.201. The molecule has 2 rings (SSSR count). The topological polar surface area (TPSA) is 73.5 Å². The summed E-state index contributed by atoms with van der Waals surface area (Å²) < 4.78 is 0. The SMILES string of the molecule is CNCC(=O)N1CCCC(CNC(=O)Nc2ccc(C)cc2)C1. The number of aryl methyl sites for hydroxylation is 1. The molecule has 126 valence electrons. The molecular formula is C17H26N4O2. The first-order valence-corrected chi connectivity index (χ1v) is 8.12. The van der Waals surface area contributed by atoms with Crippen molar-refractivity contribution in [3.8, 4) is 0 Å². The van der Waals surface area contributed by atoms with Gasteiger partial charge < -0.3 is 20.9 Å². The van der Waals surface area contributed by atoms with E-state index in [2.05, 4.69) is 16.0 Å². The highest BCUT2D eigenvalue weighted by molar-refractivity contribution is 5.89. The maximum atomic E-state index is 11.9. The summed E-state index contributed by atoms with van der Waals surface area (Å²) >= 11 is 0. The van der Waals surface area contributed by atoms with Gasteiger partial charge in [0.1, 0.15) is 0 Å². The molecule has 0 radical (unpaired) electrons. The lowest BCUT2D eigenvalue weighted by atomic mass is 9.98. The zero-order chi connectivity index (χ0) is 16.7. The first kappa shape index (κ1) is 17.3. The molecule has 1 unspecified atom stereocenters. The fourth-order valence-corrected chi connectivity index (χ4v) is 2.77. The zero-order valence-electron chi connectivity index (χ0n) is 13.9. The molecule has 0 spiro atoms. The molecule has 1 aliphatic heterocycles. The quantitative estimate of drug-likeness (QED) is 0.771. The molecule has 0 aromatic heterocycles.